The minimum atomic E-state index is 0.675. The molecular weight excluding hydrogens is 204 g/mol. The van der Waals surface area contributed by atoms with Crippen molar-refractivity contribution >= 4 is 0 Å². The lowest BCUT2D eigenvalue weighted by Crippen LogP contribution is -1.92. The van der Waals surface area contributed by atoms with Crippen LogP contribution in [0.15, 0.2) is 54.6 Å². The fourth-order valence-corrected chi connectivity index (χ4v) is 1.81. The van der Waals surface area contributed by atoms with Crippen molar-refractivity contribution < 1.29 is 0 Å². The normalized spacial score (nSPS) is 14.6. The molecule has 0 aliphatic heterocycles. The van der Waals surface area contributed by atoms with E-state index in [1.54, 1.807) is 0 Å². The van der Waals surface area contributed by atoms with E-state index in [1.807, 2.05) is 0 Å². The molecule has 1 aromatic carbocycles. The van der Waals surface area contributed by atoms with E-state index in [-0.39, 0.29) is 0 Å². The zero-order chi connectivity index (χ0) is 12.5. The molecule has 0 nitrogen and oxygen atoms in total. The highest BCUT2D eigenvalue weighted by Gasteiger charge is 1.94. The summed E-state index contributed by atoms with van der Waals surface area (Å²) in [4.78, 5) is 0. The second-order valence-corrected chi connectivity index (χ2v) is 5.03. The smallest absolute Gasteiger partial charge is 0.00817 e. The molecule has 0 radical (unpaired) electrons. The van der Waals surface area contributed by atoms with E-state index in [9.17, 15) is 0 Å². The molecule has 0 unspecified atom stereocenters. The van der Waals surface area contributed by atoms with Crippen LogP contribution in [0.4, 0.5) is 0 Å². The summed E-state index contributed by atoms with van der Waals surface area (Å²) >= 11 is 0. The van der Waals surface area contributed by atoms with E-state index < -0.39 is 0 Å². The first-order valence-electron chi connectivity index (χ1n) is 6.55. The highest BCUT2D eigenvalue weighted by molar-refractivity contribution is 5.14. The van der Waals surface area contributed by atoms with Crippen molar-refractivity contribution in [1.29, 1.82) is 0 Å². The Morgan fingerprint density at radius 1 is 1.06 bits per heavy atom. The van der Waals surface area contributed by atoms with Crippen LogP contribution < -0.4 is 0 Å². The molecule has 0 saturated carbocycles. The summed E-state index contributed by atoms with van der Waals surface area (Å²) in [7, 11) is 0. The molecule has 92 valence electrons. The molecule has 0 spiro atoms. The molecule has 0 bridgehead atoms. The van der Waals surface area contributed by atoms with Gasteiger partial charge in [0.15, 0.2) is 0 Å². The molecule has 0 heterocycles. The molecule has 1 aliphatic carbocycles. The summed E-state index contributed by atoms with van der Waals surface area (Å²) in [6.07, 6.45) is 11.2. The summed E-state index contributed by atoms with van der Waals surface area (Å²) in [6.45, 7) is 6.67. The molecule has 0 saturated heterocycles. The monoisotopic (exact) mass is 228 g/mol. The lowest BCUT2D eigenvalue weighted by Gasteiger charge is -2.02. The number of rotatable bonds is 2. The third-order valence-corrected chi connectivity index (χ3v) is 2.64. The Morgan fingerprint density at radius 3 is 2.06 bits per heavy atom. The fraction of sp³-hybridized carbons (Fsp3) is 0.412. The average Bonchev–Trinajstić information content (AvgIpc) is 2.31. The standard InChI is InChI=1S/C10H14.C7H10/c1-9(2)8-10-6-4-3-5-7-10;1-7-5-3-2-4-6-7/h3-7,9H,8H2,1-2H3;3-7H,2H2,1H3. The Bertz CT molecular complexity index is 332. The van der Waals surface area contributed by atoms with Gasteiger partial charge in [0.2, 0.25) is 0 Å². The van der Waals surface area contributed by atoms with E-state index >= 15 is 0 Å². The summed E-state index contributed by atoms with van der Waals surface area (Å²) in [5.74, 6) is 1.44. The van der Waals surface area contributed by atoms with Crippen LogP contribution in [0.5, 0.6) is 0 Å². The highest BCUT2D eigenvalue weighted by atomic mass is 14.0. The molecule has 1 aromatic rings. The van der Waals surface area contributed by atoms with Crippen molar-refractivity contribution in [3.05, 3.63) is 60.2 Å². The van der Waals surface area contributed by atoms with Gasteiger partial charge in [0, 0.05) is 0 Å². The first-order chi connectivity index (χ1) is 8.18. The summed E-state index contributed by atoms with van der Waals surface area (Å²) < 4.78 is 0. The van der Waals surface area contributed by atoms with Gasteiger partial charge < -0.3 is 0 Å². The maximum absolute atomic E-state index is 2.24. The first kappa shape index (κ1) is 13.8. The van der Waals surface area contributed by atoms with Crippen molar-refractivity contribution in [2.75, 3.05) is 0 Å². The molecule has 2 rings (SSSR count). The zero-order valence-electron chi connectivity index (χ0n) is 11.3. The topological polar surface area (TPSA) is 0 Å². The minimum absolute atomic E-state index is 0.675. The van der Waals surface area contributed by atoms with E-state index in [0.29, 0.717) is 5.92 Å². The largest absolute Gasteiger partial charge is 0.0842 e. The van der Waals surface area contributed by atoms with E-state index in [1.165, 1.54) is 12.0 Å². The quantitative estimate of drug-likeness (QED) is 0.623. The predicted molar refractivity (Wildman–Crippen MR) is 77.0 cm³/mol. The average molecular weight is 228 g/mol. The highest BCUT2D eigenvalue weighted by Crippen LogP contribution is 2.06. The summed E-state index contributed by atoms with van der Waals surface area (Å²) in [5, 5.41) is 0. The SMILES string of the molecule is CC(C)Cc1ccccc1.CC1C=CCC=C1. The maximum Gasteiger partial charge on any atom is -0.00817 e. The number of benzene rings is 1. The van der Waals surface area contributed by atoms with Gasteiger partial charge in [-0.3, -0.25) is 0 Å². The van der Waals surface area contributed by atoms with Crippen LogP contribution in [0, 0.1) is 11.8 Å². The maximum atomic E-state index is 2.24. The molecule has 0 N–H and O–H groups in total. The van der Waals surface area contributed by atoms with Gasteiger partial charge in [-0.2, -0.15) is 0 Å². The van der Waals surface area contributed by atoms with E-state index in [0.717, 1.165) is 12.3 Å². The molecule has 0 heteroatoms. The van der Waals surface area contributed by atoms with E-state index in [4.69, 9.17) is 0 Å². The zero-order valence-corrected chi connectivity index (χ0v) is 11.3. The first-order valence-corrected chi connectivity index (χ1v) is 6.55. The number of allylic oxidation sites excluding steroid dienone is 4. The van der Waals surface area contributed by atoms with Gasteiger partial charge in [-0.1, -0.05) is 75.4 Å². The van der Waals surface area contributed by atoms with Gasteiger partial charge in [-0.15, -0.1) is 0 Å². The van der Waals surface area contributed by atoms with Gasteiger partial charge in [-0.05, 0) is 30.2 Å². The predicted octanol–water partition coefficient (Wildman–Crippen LogP) is 5.02. The number of hydrogen-bond acceptors (Lipinski definition) is 0. The lowest BCUT2D eigenvalue weighted by atomic mass is 10.0. The van der Waals surface area contributed by atoms with Crippen LogP contribution in [0.1, 0.15) is 32.8 Å². The molecule has 17 heavy (non-hydrogen) atoms. The Labute approximate surface area is 106 Å². The summed E-state index contributed by atoms with van der Waals surface area (Å²) in [5.41, 5.74) is 1.44. The molecule has 0 fully saturated rings. The van der Waals surface area contributed by atoms with Gasteiger partial charge in [0.25, 0.3) is 0 Å². The second kappa shape index (κ2) is 7.89. The van der Waals surface area contributed by atoms with Crippen molar-refractivity contribution in [2.24, 2.45) is 11.8 Å². The Kier molecular flexibility index (Phi) is 6.39. The second-order valence-electron chi connectivity index (χ2n) is 5.03. The van der Waals surface area contributed by atoms with Gasteiger partial charge in [-0.25, -0.2) is 0 Å². The molecule has 0 aromatic heterocycles. The van der Waals surface area contributed by atoms with Crippen molar-refractivity contribution in [3.63, 3.8) is 0 Å². The Balaban J connectivity index is 0.000000181. The van der Waals surface area contributed by atoms with Gasteiger partial charge >= 0.3 is 0 Å². The van der Waals surface area contributed by atoms with Gasteiger partial charge in [0.1, 0.15) is 0 Å². The molecule has 0 atom stereocenters. The molecule has 0 amide bonds. The van der Waals surface area contributed by atoms with Gasteiger partial charge in [0.05, 0.1) is 0 Å². The van der Waals surface area contributed by atoms with Crippen molar-refractivity contribution in [1.82, 2.24) is 0 Å². The Hall–Kier alpha value is -1.30. The molecule has 1 aliphatic rings. The third-order valence-electron chi connectivity index (χ3n) is 2.64. The van der Waals surface area contributed by atoms with Crippen LogP contribution >= 0.6 is 0 Å². The minimum Gasteiger partial charge on any atom is -0.0842 e. The van der Waals surface area contributed by atoms with E-state index in [2.05, 4.69) is 75.4 Å². The van der Waals surface area contributed by atoms with Crippen molar-refractivity contribution in [2.45, 2.75) is 33.6 Å². The fourth-order valence-electron chi connectivity index (χ4n) is 1.81. The summed E-state index contributed by atoms with van der Waals surface area (Å²) in [6, 6.07) is 10.6. The lowest BCUT2D eigenvalue weighted by molar-refractivity contribution is 0.647. The van der Waals surface area contributed by atoms with Crippen LogP contribution in [0.3, 0.4) is 0 Å². The molecular formula is C17H24. The van der Waals surface area contributed by atoms with Crippen LogP contribution in [0.2, 0.25) is 0 Å². The Morgan fingerprint density at radius 2 is 1.65 bits per heavy atom. The van der Waals surface area contributed by atoms with Crippen molar-refractivity contribution in [3.8, 4) is 0 Å². The number of hydrogen-bond donors (Lipinski definition) is 0. The third kappa shape index (κ3) is 6.78. The van der Waals surface area contributed by atoms with Crippen LogP contribution in [-0.4, -0.2) is 0 Å². The van der Waals surface area contributed by atoms with Crippen LogP contribution in [0.25, 0.3) is 0 Å². The van der Waals surface area contributed by atoms with Crippen LogP contribution in [-0.2, 0) is 6.42 Å².